The summed E-state index contributed by atoms with van der Waals surface area (Å²) in [5, 5.41) is 2.92. The van der Waals surface area contributed by atoms with Crippen LogP contribution in [0, 0.1) is 0 Å². The highest BCUT2D eigenvalue weighted by molar-refractivity contribution is 6.74. The minimum Gasteiger partial charge on any atom is -0.444 e. The Morgan fingerprint density at radius 2 is 2.12 bits per heavy atom. The molecule has 1 aliphatic heterocycles. The number of alkyl carbamates (subject to hydrolysis) is 1. The third kappa shape index (κ3) is 4.31. The maximum absolute atomic E-state index is 10.8. The number of rotatable bonds is 5. The van der Waals surface area contributed by atoms with Crippen molar-refractivity contribution in [2.24, 2.45) is 0 Å². The van der Waals surface area contributed by atoms with Crippen LogP contribution >= 0.6 is 0 Å². The molecule has 1 saturated heterocycles. The molecular formula is C12H25NO3Si. The molecule has 0 bridgehead atoms. The monoisotopic (exact) mass is 259 g/mol. The predicted octanol–water partition coefficient (Wildman–Crippen LogP) is 2.90. The second kappa shape index (κ2) is 5.39. The fraction of sp³-hybridized carbons (Fsp3) is 0.917. The summed E-state index contributed by atoms with van der Waals surface area (Å²) in [5.41, 5.74) is 0. The average Bonchev–Trinajstić information content (AvgIpc) is 2.57. The number of carbonyl (C=O) groups excluding carboxylic acids is 1. The van der Waals surface area contributed by atoms with E-state index >= 15 is 0 Å². The first-order chi connectivity index (χ1) is 7.72. The van der Waals surface area contributed by atoms with Gasteiger partial charge in [0.25, 0.3) is 0 Å². The highest BCUT2D eigenvalue weighted by Crippen LogP contribution is 2.36. The quantitative estimate of drug-likeness (QED) is 0.610. The predicted molar refractivity (Wildman–Crippen MR) is 70.7 cm³/mol. The van der Waals surface area contributed by atoms with Gasteiger partial charge in [-0.1, -0.05) is 20.8 Å². The van der Waals surface area contributed by atoms with E-state index in [2.05, 4.69) is 39.2 Å². The summed E-state index contributed by atoms with van der Waals surface area (Å²) < 4.78 is 11.1. The van der Waals surface area contributed by atoms with Crippen molar-refractivity contribution in [3.8, 4) is 0 Å². The van der Waals surface area contributed by atoms with Gasteiger partial charge in [-0.2, -0.15) is 0 Å². The maximum atomic E-state index is 10.8. The Morgan fingerprint density at radius 3 is 2.59 bits per heavy atom. The largest absolute Gasteiger partial charge is 0.444 e. The molecule has 100 valence electrons. The third-order valence-electron chi connectivity index (χ3n) is 3.69. The third-order valence-corrected chi connectivity index (χ3v) is 8.23. The fourth-order valence-electron chi connectivity index (χ4n) is 1.45. The first-order valence-corrected chi connectivity index (χ1v) is 9.22. The molecule has 1 rings (SSSR count). The molecular weight excluding hydrogens is 234 g/mol. The zero-order valence-electron chi connectivity index (χ0n) is 11.6. The second-order valence-corrected chi connectivity index (χ2v) is 11.0. The van der Waals surface area contributed by atoms with Crippen LogP contribution < -0.4 is 5.32 Å². The molecule has 1 atom stereocenters. The molecule has 0 aromatic carbocycles. The smallest absolute Gasteiger partial charge is 0.407 e. The average molecular weight is 259 g/mol. The van der Waals surface area contributed by atoms with Crippen LogP contribution in [0.25, 0.3) is 0 Å². The van der Waals surface area contributed by atoms with Gasteiger partial charge in [0.15, 0.2) is 8.32 Å². The van der Waals surface area contributed by atoms with Gasteiger partial charge in [-0.15, -0.1) is 0 Å². The van der Waals surface area contributed by atoms with E-state index in [-0.39, 0.29) is 17.2 Å². The van der Waals surface area contributed by atoms with Crippen LogP contribution in [0.15, 0.2) is 0 Å². The van der Waals surface area contributed by atoms with Gasteiger partial charge >= 0.3 is 6.09 Å². The van der Waals surface area contributed by atoms with Crippen molar-refractivity contribution in [3.63, 3.8) is 0 Å². The Hall–Kier alpha value is -0.553. The minimum absolute atomic E-state index is 0.0329. The van der Waals surface area contributed by atoms with Gasteiger partial charge in [-0.05, 0) is 31.0 Å². The molecule has 5 heteroatoms. The molecule has 0 unspecified atom stereocenters. The van der Waals surface area contributed by atoms with E-state index in [1.165, 1.54) is 0 Å². The van der Waals surface area contributed by atoms with Crippen molar-refractivity contribution in [1.82, 2.24) is 5.32 Å². The fourth-order valence-corrected chi connectivity index (χ4v) is 2.54. The number of hydrogen-bond acceptors (Lipinski definition) is 3. The number of nitrogens with one attached hydrogen (secondary N) is 1. The van der Waals surface area contributed by atoms with Crippen LogP contribution in [-0.4, -0.2) is 33.7 Å². The Labute approximate surface area is 105 Å². The number of cyclic esters (lactones) is 1. The van der Waals surface area contributed by atoms with Crippen molar-refractivity contribution in [1.29, 1.82) is 0 Å². The molecule has 0 spiro atoms. The van der Waals surface area contributed by atoms with E-state index in [0.717, 1.165) is 19.4 Å². The summed E-state index contributed by atoms with van der Waals surface area (Å²) in [6, 6.07) is 0. The standard InChI is InChI=1S/C12H25NO3Si/c1-12(2,3)17(4,5)15-8-6-7-10-9-13-11(14)16-10/h10H,6-9H2,1-5H3,(H,13,14)/t10-/m1/s1. The topological polar surface area (TPSA) is 47.6 Å². The molecule has 1 amide bonds. The summed E-state index contributed by atoms with van der Waals surface area (Å²) in [6.45, 7) is 12.6. The highest BCUT2D eigenvalue weighted by atomic mass is 28.4. The van der Waals surface area contributed by atoms with Gasteiger partial charge in [-0.3, -0.25) is 0 Å². The lowest BCUT2D eigenvalue weighted by molar-refractivity contribution is 0.130. The molecule has 0 aliphatic carbocycles. The van der Waals surface area contributed by atoms with Crippen LogP contribution in [0.2, 0.25) is 18.1 Å². The molecule has 0 aromatic heterocycles. The van der Waals surface area contributed by atoms with E-state index in [1.807, 2.05) is 0 Å². The van der Waals surface area contributed by atoms with E-state index in [0.29, 0.717) is 6.54 Å². The summed E-state index contributed by atoms with van der Waals surface area (Å²) in [5.74, 6) is 0. The molecule has 4 nitrogen and oxygen atoms in total. The van der Waals surface area contributed by atoms with Gasteiger partial charge in [0, 0.05) is 6.61 Å². The van der Waals surface area contributed by atoms with Crippen LogP contribution in [0.3, 0.4) is 0 Å². The molecule has 1 aliphatic rings. The summed E-state index contributed by atoms with van der Waals surface area (Å²) in [4.78, 5) is 10.8. The number of carbonyl (C=O) groups is 1. The van der Waals surface area contributed by atoms with Gasteiger partial charge in [0.05, 0.1) is 6.54 Å². The molecule has 1 N–H and O–H groups in total. The van der Waals surface area contributed by atoms with Crippen LogP contribution in [-0.2, 0) is 9.16 Å². The van der Waals surface area contributed by atoms with E-state index < -0.39 is 8.32 Å². The zero-order valence-corrected chi connectivity index (χ0v) is 12.6. The Kier molecular flexibility index (Phi) is 4.60. The normalized spacial score (nSPS) is 21.2. The van der Waals surface area contributed by atoms with E-state index in [1.54, 1.807) is 0 Å². The second-order valence-electron chi connectivity index (χ2n) is 6.16. The lowest BCUT2D eigenvalue weighted by Crippen LogP contribution is -2.41. The van der Waals surface area contributed by atoms with Gasteiger partial charge in [0.1, 0.15) is 6.10 Å². The summed E-state index contributed by atoms with van der Waals surface area (Å²) >= 11 is 0. The number of amides is 1. The van der Waals surface area contributed by atoms with Gasteiger partial charge in [-0.25, -0.2) is 4.79 Å². The highest BCUT2D eigenvalue weighted by Gasteiger charge is 2.36. The lowest BCUT2D eigenvalue weighted by atomic mass is 10.2. The Balaban J connectivity index is 2.18. The van der Waals surface area contributed by atoms with Crippen LogP contribution in [0.4, 0.5) is 4.79 Å². The maximum Gasteiger partial charge on any atom is 0.407 e. The van der Waals surface area contributed by atoms with Crippen molar-refractivity contribution < 1.29 is 14.0 Å². The van der Waals surface area contributed by atoms with E-state index in [9.17, 15) is 4.79 Å². The molecule has 1 heterocycles. The first kappa shape index (κ1) is 14.5. The molecule has 0 aromatic rings. The molecule has 0 saturated carbocycles. The van der Waals surface area contributed by atoms with Crippen LogP contribution in [0.5, 0.6) is 0 Å². The molecule has 0 radical (unpaired) electrons. The van der Waals surface area contributed by atoms with E-state index in [4.69, 9.17) is 9.16 Å². The molecule has 17 heavy (non-hydrogen) atoms. The van der Waals surface area contributed by atoms with Crippen molar-refractivity contribution in [2.75, 3.05) is 13.2 Å². The number of ether oxygens (including phenoxy) is 1. The minimum atomic E-state index is -1.62. The van der Waals surface area contributed by atoms with Crippen molar-refractivity contribution >= 4 is 14.4 Å². The number of hydrogen-bond donors (Lipinski definition) is 1. The zero-order chi connectivity index (χ0) is 13.1. The van der Waals surface area contributed by atoms with Gasteiger partial charge < -0.3 is 14.5 Å². The van der Waals surface area contributed by atoms with Crippen LogP contribution in [0.1, 0.15) is 33.6 Å². The first-order valence-electron chi connectivity index (χ1n) is 6.31. The lowest BCUT2D eigenvalue weighted by Gasteiger charge is -2.36. The summed E-state index contributed by atoms with van der Waals surface area (Å²) in [6.07, 6.45) is 1.57. The Bertz CT molecular complexity index is 273. The SMILES string of the molecule is CC(C)(C)[Si](C)(C)OCCC[C@@H]1CNC(=O)O1. The van der Waals surface area contributed by atoms with Crippen molar-refractivity contribution in [3.05, 3.63) is 0 Å². The van der Waals surface area contributed by atoms with Gasteiger partial charge in [0.2, 0.25) is 0 Å². The Morgan fingerprint density at radius 1 is 1.47 bits per heavy atom. The summed E-state index contributed by atoms with van der Waals surface area (Å²) in [7, 11) is -1.62. The van der Waals surface area contributed by atoms with Crippen molar-refractivity contribution in [2.45, 2.75) is 57.8 Å². The molecule has 1 fully saturated rings.